The SMILES string of the molecule is Cc1cc(NC2CCCCCC2O)c2ccccc2n1. The quantitative estimate of drug-likeness (QED) is 0.819. The number of nitrogens with zero attached hydrogens (tertiary/aromatic N) is 1. The molecule has 0 bridgehead atoms. The number of aliphatic hydroxyl groups is 1. The summed E-state index contributed by atoms with van der Waals surface area (Å²) in [4.78, 5) is 4.56. The molecule has 0 spiro atoms. The Bertz CT molecular complexity index is 597. The molecule has 0 aliphatic heterocycles. The number of aliphatic hydroxyl groups excluding tert-OH is 1. The van der Waals surface area contributed by atoms with Gasteiger partial charge in [0.15, 0.2) is 0 Å². The molecule has 3 heteroatoms. The number of aryl methyl sites for hydroxylation is 1. The first-order valence-electron chi connectivity index (χ1n) is 7.55. The Hall–Kier alpha value is -1.61. The van der Waals surface area contributed by atoms with E-state index in [4.69, 9.17) is 0 Å². The molecule has 20 heavy (non-hydrogen) atoms. The first-order valence-corrected chi connectivity index (χ1v) is 7.55. The molecule has 0 saturated heterocycles. The molecule has 1 fully saturated rings. The fraction of sp³-hybridized carbons (Fsp3) is 0.471. The number of rotatable bonds is 2. The van der Waals surface area contributed by atoms with Crippen molar-refractivity contribution in [3.8, 4) is 0 Å². The van der Waals surface area contributed by atoms with Crippen LogP contribution in [0.25, 0.3) is 10.9 Å². The monoisotopic (exact) mass is 270 g/mol. The van der Waals surface area contributed by atoms with Crippen molar-refractivity contribution in [1.29, 1.82) is 0 Å². The maximum atomic E-state index is 10.3. The maximum absolute atomic E-state index is 10.3. The number of benzene rings is 1. The molecule has 106 valence electrons. The van der Waals surface area contributed by atoms with Crippen molar-refractivity contribution >= 4 is 16.6 Å². The standard InChI is InChI=1S/C17H22N2O/c1-12-11-16(13-7-5-6-8-14(13)18-12)19-15-9-3-2-4-10-17(15)20/h5-8,11,15,17,20H,2-4,9-10H2,1H3,(H,18,19). The molecule has 3 rings (SSSR count). The van der Waals surface area contributed by atoms with Crippen molar-refractivity contribution < 1.29 is 5.11 Å². The van der Waals surface area contributed by atoms with Gasteiger partial charge in [-0.05, 0) is 31.9 Å². The lowest BCUT2D eigenvalue weighted by atomic mass is 10.0. The number of pyridine rings is 1. The van der Waals surface area contributed by atoms with Gasteiger partial charge >= 0.3 is 0 Å². The van der Waals surface area contributed by atoms with E-state index in [-0.39, 0.29) is 12.1 Å². The number of anilines is 1. The average Bonchev–Trinajstić information content (AvgIpc) is 2.64. The molecule has 2 aromatic rings. The Morgan fingerprint density at radius 3 is 2.85 bits per heavy atom. The highest BCUT2D eigenvalue weighted by Gasteiger charge is 2.22. The third-order valence-corrected chi connectivity index (χ3v) is 4.16. The van der Waals surface area contributed by atoms with Crippen LogP contribution in [-0.2, 0) is 0 Å². The van der Waals surface area contributed by atoms with Gasteiger partial charge in [0.1, 0.15) is 0 Å². The Morgan fingerprint density at radius 1 is 1.15 bits per heavy atom. The van der Waals surface area contributed by atoms with Crippen LogP contribution < -0.4 is 5.32 Å². The molecule has 1 aliphatic rings. The van der Waals surface area contributed by atoms with E-state index in [2.05, 4.69) is 22.4 Å². The number of fused-ring (bicyclic) bond motifs is 1. The minimum Gasteiger partial charge on any atom is -0.391 e. The Kier molecular flexibility index (Phi) is 3.88. The smallest absolute Gasteiger partial charge is 0.0741 e. The van der Waals surface area contributed by atoms with Crippen LogP contribution in [0.2, 0.25) is 0 Å². The van der Waals surface area contributed by atoms with Crippen LogP contribution in [0.4, 0.5) is 5.69 Å². The van der Waals surface area contributed by atoms with Crippen LogP contribution in [0.15, 0.2) is 30.3 Å². The second-order valence-corrected chi connectivity index (χ2v) is 5.78. The van der Waals surface area contributed by atoms with Gasteiger partial charge in [-0.15, -0.1) is 0 Å². The summed E-state index contributed by atoms with van der Waals surface area (Å²) in [6, 6.07) is 10.4. The summed E-state index contributed by atoms with van der Waals surface area (Å²) in [5.74, 6) is 0. The minimum absolute atomic E-state index is 0.155. The Labute approximate surface area is 120 Å². The van der Waals surface area contributed by atoms with Crippen molar-refractivity contribution in [3.05, 3.63) is 36.0 Å². The molecule has 1 aliphatic carbocycles. The van der Waals surface area contributed by atoms with Gasteiger partial charge in [-0.3, -0.25) is 4.98 Å². The summed E-state index contributed by atoms with van der Waals surface area (Å²) in [5, 5.41) is 15.0. The molecule has 1 aromatic carbocycles. The molecule has 2 N–H and O–H groups in total. The zero-order valence-corrected chi connectivity index (χ0v) is 12.0. The summed E-state index contributed by atoms with van der Waals surface area (Å²) >= 11 is 0. The number of aromatic nitrogens is 1. The summed E-state index contributed by atoms with van der Waals surface area (Å²) in [6.07, 6.45) is 5.25. The highest BCUT2D eigenvalue weighted by atomic mass is 16.3. The molecular formula is C17H22N2O. The van der Waals surface area contributed by atoms with Gasteiger partial charge in [-0.1, -0.05) is 37.5 Å². The highest BCUT2D eigenvalue weighted by molar-refractivity contribution is 5.91. The number of para-hydroxylation sites is 1. The predicted octanol–water partition coefficient (Wildman–Crippen LogP) is 3.65. The van der Waals surface area contributed by atoms with Crippen LogP contribution in [-0.4, -0.2) is 22.2 Å². The highest BCUT2D eigenvalue weighted by Crippen LogP contribution is 2.27. The second kappa shape index (κ2) is 5.80. The largest absolute Gasteiger partial charge is 0.391 e. The lowest BCUT2D eigenvalue weighted by Gasteiger charge is -2.24. The summed E-state index contributed by atoms with van der Waals surface area (Å²) in [5.41, 5.74) is 3.12. The van der Waals surface area contributed by atoms with Crippen molar-refractivity contribution in [3.63, 3.8) is 0 Å². The van der Waals surface area contributed by atoms with Gasteiger partial charge in [0.05, 0.1) is 17.7 Å². The third kappa shape index (κ3) is 2.78. The van der Waals surface area contributed by atoms with Crippen molar-refractivity contribution in [2.24, 2.45) is 0 Å². The van der Waals surface area contributed by atoms with Gasteiger partial charge < -0.3 is 10.4 Å². The fourth-order valence-electron chi connectivity index (χ4n) is 3.08. The molecule has 2 unspecified atom stereocenters. The van der Waals surface area contributed by atoms with Crippen molar-refractivity contribution in [2.45, 2.75) is 51.2 Å². The molecule has 0 amide bonds. The van der Waals surface area contributed by atoms with Gasteiger partial charge in [0.2, 0.25) is 0 Å². The van der Waals surface area contributed by atoms with Gasteiger partial charge in [-0.25, -0.2) is 0 Å². The van der Waals surface area contributed by atoms with Crippen molar-refractivity contribution in [1.82, 2.24) is 4.98 Å². The van der Waals surface area contributed by atoms with Crippen LogP contribution in [0.5, 0.6) is 0 Å². The van der Waals surface area contributed by atoms with Gasteiger partial charge in [-0.2, -0.15) is 0 Å². The van der Waals surface area contributed by atoms with Crippen LogP contribution in [0.3, 0.4) is 0 Å². The van der Waals surface area contributed by atoms with E-state index in [9.17, 15) is 5.11 Å². The number of hydrogen-bond donors (Lipinski definition) is 2. The van der Waals surface area contributed by atoms with Crippen LogP contribution >= 0.6 is 0 Å². The molecule has 1 aromatic heterocycles. The summed E-state index contributed by atoms with van der Waals surface area (Å²) < 4.78 is 0. The molecule has 0 radical (unpaired) electrons. The predicted molar refractivity (Wildman–Crippen MR) is 83.0 cm³/mol. The fourth-order valence-corrected chi connectivity index (χ4v) is 3.08. The third-order valence-electron chi connectivity index (χ3n) is 4.16. The van der Waals surface area contributed by atoms with Crippen LogP contribution in [0, 0.1) is 6.92 Å². The average molecular weight is 270 g/mol. The van der Waals surface area contributed by atoms with E-state index < -0.39 is 0 Å². The Morgan fingerprint density at radius 2 is 1.95 bits per heavy atom. The lowest BCUT2D eigenvalue weighted by molar-refractivity contribution is 0.144. The van der Waals surface area contributed by atoms with Crippen molar-refractivity contribution in [2.75, 3.05) is 5.32 Å². The van der Waals surface area contributed by atoms with E-state index in [0.717, 1.165) is 41.5 Å². The topological polar surface area (TPSA) is 45.1 Å². The normalized spacial score (nSPS) is 23.5. The minimum atomic E-state index is -0.246. The van der Waals surface area contributed by atoms with Gasteiger partial charge in [0.25, 0.3) is 0 Å². The first-order chi connectivity index (χ1) is 9.74. The molecule has 1 heterocycles. The van der Waals surface area contributed by atoms with E-state index >= 15 is 0 Å². The number of hydrogen-bond acceptors (Lipinski definition) is 3. The van der Waals surface area contributed by atoms with E-state index in [0.29, 0.717) is 0 Å². The summed E-state index contributed by atoms with van der Waals surface area (Å²) in [6.45, 7) is 2.02. The van der Waals surface area contributed by atoms with E-state index in [1.807, 2.05) is 25.1 Å². The van der Waals surface area contributed by atoms with E-state index in [1.165, 1.54) is 12.8 Å². The first kappa shape index (κ1) is 13.4. The van der Waals surface area contributed by atoms with Crippen LogP contribution in [0.1, 0.15) is 37.8 Å². The maximum Gasteiger partial charge on any atom is 0.0741 e. The molecule has 3 nitrogen and oxygen atoms in total. The van der Waals surface area contributed by atoms with Gasteiger partial charge in [0, 0.05) is 16.8 Å². The number of nitrogens with one attached hydrogen (secondary N) is 1. The molecular weight excluding hydrogens is 248 g/mol. The lowest BCUT2D eigenvalue weighted by Crippen LogP contribution is -2.32. The molecule has 1 saturated carbocycles. The summed E-state index contributed by atoms with van der Waals surface area (Å²) in [7, 11) is 0. The zero-order valence-electron chi connectivity index (χ0n) is 12.0. The Balaban J connectivity index is 1.93. The van der Waals surface area contributed by atoms with E-state index in [1.54, 1.807) is 0 Å². The molecule has 2 atom stereocenters. The second-order valence-electron chi connectivity index (χ2n) is 5.78. The zero-order chi connectivity index (χ0) is 13.9.